The van der Waals surface area contributed by atoms with Crippen molar-refractivity contribution in [3.63, 3.8) is 0 Å². The summed E-state index contributed by atoms with van der Waals surface area (Å²) in [6.45, 7) is 9.33. The predicted octanol–water partition coefficient (Wildman–Crippen LogP) is 2.94. The van der Waals surface area contributed by atoms with Gasteiger partial charge in [-0.3, -0.25) is 4.79 Å². The lowest BCUT2D eigenvalue weighted by atomic mass is 9.87. The Morgan fingerprint density at radius 2 is 1.70 bits per heavy atom. The molecule has 2 amide bonds. The Morgan fingerprint density at radius 3 is 2.22 bits per heavy atom. The summed E-state index contributed by atoms with van der Waals surface area (Å²) in [4.78, 5) is 28.6. The topological polar surface area (TPSA) is 49.9 Å². The van der Waals surface area contributed by atoms with Gasteiger partial charge < -0.3 is 14.5 Å². The lowest BCUT2D eigenvalue weighted by Crippen LogP contribution is -2.57. The molecule has 1 heterocycles. The number of carbonyl (C=O) groups excluding carboxylic acids is 2. The van der Waals surface area contributed by atoms with Gasteiger partial charge in [-0.2, -0.15) is 12.6 Å². The summed E-state index contributed by atoms with van der Waals surface area (Å²) in [5, 5.41) is 0.446. The summed E-state index contributed by atoms with van der Waals surface area (Å²) in [5.74, 6) is 0.389. The van der Waals surface area contributed by atoms with Crippen LogP contribution in [0.15, 0.2) is 0 Å². The van der Waals surface area contributed by atoms with Gasteiger partial charge in [0.05, 0.1) is 0 Å². The zero-order chi connectivity index (χ0) is 17.2. The Bertz CT molecular complexity index is 442. The summed E-state index contributed by atoms with van der Waals surface area (Å²) in [6, 6.07) is -0.0104. The highest BCUT2D eigenvalue weighted by Gasteiger charge is 2.35. The van der Waals surface area contributed by atoms with Crippen LogP contribution in [0.2, 0.25) is 0 Å². The van der Waals surface area contributed by atoms with Crippen LogP contribution < -0.4 is 0 Å². The van der Waals surface area contributed by atoms with Crippen LogP contribution in [0, 0.1) is 5.92 Å². The largest absolute Gasteiger partial charge is 0.444 e. The SMILES string of the molecule is C[C@H]1CN(C(=O)C2CCC(S)CC2)CCN1C(=O)OC(C)(C)C. The first-order valence-electron chi connectivity index (χ1n) is 8.64. The predicted molar refractivity (Wildman–Crippen MR) is 93.7 cm³/mol. The molecule has 0 aromatic heterocycles. The van der Waals surface area contributed by atoms with Crippen molar-refractivity contribution in [1.82, 2.24) is 9.80 Å². The number of piperazine rings is 1. The first-order chi connectivity index (χ1) is 10.7. The van der Waals surface area contributed by atoms with Crippen molar-refractivity contribution >= 4 is 24.6 Å². The van der Waals surface area contributed by atoms with Gasteiger partial charge in [-0.05, 0) is 53.4 Å². The minimum atomic E-state index is -0.491. The number of nitrogens with zero attached hydrogens (tertiary/aromatic N) is 2. The molecule has 0 radical (unpaired) electrons. The van der Waals surface area contributed by atoms with Gasteiger partial charge in [0.15, 0.2) is 0 Å². The van der Waals surface area contributed by atoms with Crippen LogP contribution >= 0.6 is 12.6 Å². The van der Waals surface area contributed by atoms with E-state index in [1.54, 1.807) is 4.90 Å². The van der Waals surface area contributed by atoms with E-state index in [0.717, 1.165) is 25.7 Å². The average Bonchev–Trinajstić information content (AvgIpc) is 2.45. The van der Waals surface area contributed by atoms with Crippen LogP contribution in [-0.4, -0.2) is 58.3 Å². The highest BCUT2D eigenvalue weighted by Crippen LogP contribution is 2.29. The van der Waals surface area contributed by atoms with Crippen LogP contribution in [0.4, 0.5) is 4.79 Å². The molecule has 2 fully saturated rings. The van der Waals surface area contributed by atoms with Gasteiger partial charge in [0, 0.05) is 36.8 Å². The number of rotatable bonds is 1. The molecular weight excluding hydrogens is 312 g/mol. The van der Waals surface area contributed by atoms with E-state index in [-0.39, 0.29) is 24.0 Å². The second kappa shape index (κ2) is 7.32. The van der Waals surface area contributed by atoms with Crippen LogP contribution in [0.1, 0.15) is 53.4 Å². The molecule has 1 atom stereocenters. The molecule has 2 aliphatic rings. The molecule has 0 N–H and O–H groups in total. The number of hydrogen-bond donors (Lipinski definition) is 1. The third-order valence-corrected chi connectivity index (χ3v) is 5.13. The van der Waals surface area contributed by atoms with E-state index in [4.69, 9.17) is 4.74 Å². The van der Waals surface area contributed by atoms with Gasteiger partial charge in [0.2, 0.25) is 5.91 Å². The molecule has 0 unspecified atom stereocenters. The van der Waals surface area contributed by atoms with Crippen molar-refractivity contribution in [2.24, 2.45) is 5.92 Å². The minimum Gasteiger partial charge on any atom is -0.444 e. The molecule has 1 saturated heterocycles. The maximum absolute atomic E-state index is 12.7. The third-order valence-electron chi connectivity index (χ3n) is 4.61. The molecule has 23 heavy (non-hydrogen) atoms. The number of amides is 2. The summed E-state index contributed by atoms with van der Waals surface area (Å²) in [7, 11) is 0. The molecule has 0 aromatic carbocycles. The van der Waals surface area contributed by atoms with Crippen molar-refractivity contribution in [3.8, 4) is 0 Å². The number of hydrogen-bond acceptors (Lipinski definition) is 4. The molecule has 6 heteroatoms. The molecule has 5 nitrogen and oxygen atoms in total. The van der Waals surface area contributed by atoms with Crippen LogP contribution in [-0.2, 0) is 9.53 Å². The van der Waals surface area contributed by atoms with E-state index in [1.807, 2.05) is 32.6 Å². The van der Waals surface area contributed by atoms with Gasteiger partial charge in [-0.15, -0.1) is 0 Å². The Balaban J connectivity index is 1.88. The van der Waals surface area contributed by atoms with Gasteiger partial charge >= 0.3 is 6.09 Å². The van der Waals surface area contributed by atoms with Gasteiger partial charge in [-0.1, -0.05) is 0 Å². The van der Waals surface area contributed by atoms with Crippen molar-refractivity contribution < 1.29 is 14.3 Å². The van der Waals surface area contributed by atoms with Crippen LogP contribution in [0.3, 0.4) is 0 Å². The Kier molecular flexibility index (Phi) is 5.87. The smallest absolute Gasteiger partial charge is 0.410 e. The van der Waals surface area contributed by atoms with Crippen molar-refractivity contribution in [2.45, 2.75) is 70.3 Å². The number of carbonyl (C=O) groups is 2. The molecule has 132 valence electrons. The molecule has 2 rings (SSSR count). The molecule has 0 spiro atoms. The standard InChI is InChI=1S/C17H30N2O3S/c1-12-11-18(15(20)13-5-7-14(23)8-6-13)9-10-19(12)16(21)22-17(2,3)4/h12-14,23H,5-11H2,1-4H3/t12-,13?,14?/m0/s1. The first kappa shape index (κ1) is 18.4. The van der Waals surface area contributed by atoms with Crippen molar-refractivity contribution in [2.75, 3.05) is 19.6 Å². The van der Waals surface area contributed by atoms with Crippen molar-refractivity contribution in [1.29, 1.82) is 0 Å². The molecule has 1 saturated carbocycles. The maximum Gasteiger partial charge on any atom is 0.410 e. The average molecular weight is 343 g/mol. The zero-order valence-electron chi connectivity index (χ0n) is 14.7. The molecular formula is C17H30N2O3S. The highest BCUT2D eigenvalue weighted by atomic mass is 32.1. The molecule has 0 bridgehead atoms. The summed E-state index contributed by atoms with van der Waals surface area (Å²) < 4.78 is 5.45. The van der Waals surface area contributed by atoms with E-state index in [1.165, 1.54) is 0 Å². The van der Waals surface area contributed by atoms with Gasteiger partial charge in [0.1, 0.15) is 5.60 Å². The van der Waals surface area contributed by atoms with E-state index >= 15 is 0 Å². The highest BCUT2D eigenvalue weighted by molar-refractivity contribution is 7.80. The lowest BCUT2D eigenvalue weighted by Gasteiger charge is -2.41. The quantitative estimate of drug-likeness (QED) is 0.746. The molecule has 1 aliphatic carbocycles. The van der Waals surface area contributed by atoms with E-state index in [9.17, 15) is 9.59 Å². The number of ether oxygens (including phenoxy) is 1. The number of thiol groups is 1. The fraction of sp³-hybridized carbons (Fsp3) is 0.882. The summed E-state index contributed by atoms with van der Waals surface area (Å²) in [6.07, 6.45) is 3.63. The molecule has 1 aliphatic heterocycles. The third kappa shape index (κ3) is 5.03. The fourth-order valence-electron chi connectivity index (χ4n) is 3.33. The van der Waals surface area contributed by atoms with E-state index < -0.39 is 5.60 Å². The summed E-state index contributed by atoms with van der Waals surface area (Å²) >= 11 is 4.50. The normalized spacial score (nSPS) is 29.3. The second-order valence-corrected chi connectivity index (χ2v) is 8.54. The first-order valence-corrected chi connectivity index (χ1v) is 9.15. The van der Waals surface area contributed by atoms with Crippen LogP contribution in [0.25, 0.3) is 0 Å². The van der Waals surface area contributed by atoms with Crippen molar-refractivity contribution in [3.05, 3.63) is 0 Å². The van der Waals surface area contributed by atoms with Gasteiger partial charge in [0.25, 0.3) is 0 Å². The van der Waals surface area contributed by atoms with Crippen LogP contribution in [0.5, 0.6) is 0 Å². The minimum absolute atomic E-state index is 0.0104. The second-order valence-electron chi connectivity index (χ2n) is 7.81. The Morgan fingerprint density at radius 1 is 1.09 bits per heavy atom. The fourth-order valence-corrected chi connectivity index (χ4v) is 3.63. The lowest BCUT2D eigenvalue weighted by molar-refractivity contribution is -0.139. The Hall–Kier alpha value is -0.910. The molecule has 0 aromatic rings. The van der Waals surface area contributed by atoms with Gasteiger partial charge in [-0.25, -0.2) is 4.79 Å². The zero-order valence-corrected chi connectivity index (χ0v) is 15.6. The maximum atomic E-state index is 12.7. The van der Waals surface area contributed by atoms with E-state index in [0.29, 0.717) is 24.9 Å². The van der Waals surface area contributed by atoms with E-state index in [2.05, 4.69) is 12.6 Å². The Labute approximate surface area is 145 Å². The summed E-state index contributed by atoms with van der Waals surface area (Å²) in [5.41, 5.74) is -0.491. The monoisotopic (exact) mass is 342 g/mol.